The minimum Gasteiger partial charge on any atom is -0.475 e. The zero-order valence-electron chi connectivity index (χ0n) is 13.2. The molecule has 0 aliphatic carbocycles. The van der Waals surface area contributed by atoms with E-state index in [1.807, 2.05) is 25.1 Å². The monoisotopic (exact) mass is 316 g/mol. The molecule has 7 heteroatoms. The van der Waals surface area contributed by atoms with Gasteiger partial charge in [-0.3, -0.25) is 4.98 Å². The molecule has 0 bridgehead atoms. The summed E-state index contributed by atoms with van der Waals surface area (Å²) in [5, 5.41) is 5.53. The van der Waals surface area contributed by atoms with E-state index in [-0.39, 0.29) is 12.1 Å². The number of methoxy groups -OCH3 is 1. The SMILES string of the molecule is COCCOc1ccc(NC(=O)N[C@@H](C)c2ccccn2)cn1. The van der Waals surface area contributed by atoms with Crippen LogP contribution in [0.5, 0.6) is 5.88 Å². The molecule has 2 aromatic heterocycles. The van der Waals surface area contributed by atoms with E-state index in [0.29, 0.717) is 24.8 Å². The van der Waals surface area contributed by atoms with Gasteiger partial charge in [0.25, 0.3) is 0 Å². The highest BCUT2D eigenvalue weighted by molar-refractivity contribution is 5.89. The summed E-state index contributed by atoms with van der Waals surface area (Å²) in [5.41, 5.74) is 1.37. The number of hydrogen-bond acceptors (Lipinski definition) is 5. The summed E-state index contributed by atoms with van der Waals surface area (Å²) in [7, 11) is 1.61. The Morgan fingerprint density at radius 1 is 1.22 bits per heavy atom. The van der Waals surface area contributed by atoms with Gasteiger partial charge in [-0.15, -0.1) is 0 Å². The number of rotatable bonds is 7. The van der Waals surface area contributed by atoms with Gasteiger partial charge in [-0.05, 0) is 25.1 Å². The van der Waals surface area contributed by atoms with Crippen LogP contribution in [0.25, 0.3) is 0 Å². The first-order valence-electron chi connectivity index (χ1n) is 7.25. The van der Waals surface area contributed by atoms with Crippen LogP contribution in [0.4, 0.5) is 10.5 Å². The number of hydrogen-bond donors (Lipinski definition) is 2. The second kappa shape index (κ2) is 8.70. The van der Waals surface area contributed by atoms with Gasteiger partial charge in [-0.2, -0.15) is 0 Å². The Hall–Kier alpha value is -2.67. The van der Waals surface area contributed by atoms with Gasteiger partial charge in [0.1, 0.15) is 6.61 Å². The summed E-state index contributed by atoms with van der Waals surface area (Å²) in [6.45, 7) is 2.79. The van der Waals surface area contributed by atoms with Gasteiger partial charge < -0.3 is 20.1 Å². The first kappa shape index (κ1) is 16.7. The van der Waals surface area contributed by atoms with Gasteiger partial charge in [-0.1, -0.05) is 6.07 Å². The number of carbonyl (C=O) groups is 1. The molecular weight excluding hydrogens is 296 g/mol. The molecule has 122 valence electrons. The van der Waals surface area contributed by atoms with Crippen molar-refractivity contribution in [2.75, 3.05) is 25.6 Å². The van der Waals surface area contributed by atoms with Crippen LogP contribution in [-0.4, -0.2) is 36.3 Å². The standard InChI is InChI=1S/C16H20N4O3/c1-12(14-5-3-4-8-17-14)19-16(21)20-13-6-7-15(18-11-13)23-10-9-22-2/h3-8,11-12H,9-10H2,1-2H3,(H2,19,20,21)/t12-/m0/s1. The fourth-order valence-corrected chi connectivity index (χ4v) is 1.84. The van der Waals surface area contributed by atoms with Crippen molar-refractivity contribution in [1.82, 2.24) is 15.3 Å². The molecule has 2 N–H and O–H groups in total. The zero-order chi connectivity index (χ0) is 16.5. The maximum atomic E-state index is 12.0. The third-order valence-corrected chi connectivity index (χ3v) is 3.01. The minimum absolute atomic E-state index is 0.194. The quantitative estimate of drug-likeness (QED) is 0.766. The Morgan fingerprint density at radius 2 is 2.09 bits per heavy atom. The van der Waals surface area contributed by atoms with E-state index in [9.17, 15) is 4.79 Å². The van der Waals surface area contributed by atoms with Crippen LogP contribution < -0.4 is 15.4 Å². The van der Waals surface area contributed by atoms with E-state index in [1.165, 1.54) is 6.20 Å². The van der Waals surface area contributed by atoms with Gasteiger partial charge >= 0.3 is 6.03 Å². The molecule has 2 heterocycles. The number of pyridine rings is 2. The van der Waals surface area contributed by atoms with Gasteiger partial charge in [0.2, 0.25) is 5.88 Å². The Labute approximate surface area is 135 Å². The lowest BCUT2D eigenvalue weighted by atomic mass is 10.2. The first-order chi connectivity index (χ1) is 11.2. The average molecular weight is 316 g/mol. The lowest BCUT2D eigenvalue weighted by molar-refractivity contribution is 0.144. The molecule has 0 saturated heterocycles. The largest absolute Gasteiger partial charge is 0.475 e. The average Bonchev–Trinajstić information content (AvgIpc) is 2.57. The third-order valence-electron chi connectivity index (χ3n) is 3.01. The maximum absolute atomic E-state index is 12.0. The van der Waals surface area contributed by atoms with Gasteiger partial charge in [0.15, 0.2) is 0 Å². The van der Waals surface area contributed by atoms with Gasteiger partial charge in [-0.25, -0.2) is 9.78 Å². The van der Waals surface area contributed by atoms with Crippen LogP contribution in [0.3, 0.4) is 0 Å². The summed E-state index contributed by atoms with van der Waals surface area (Å²) >= 11 is 0. The molecule has 0 unspecified atom stereocenters. The van der Waals surface area contributed by atoms with E-state index in [2.05, 4.69) is 20.6 Å². The Bertz CT molecular complexity index is 604. The molecule has 0 aliphatic rings. The first-order valence-corrected chi connectivity index (χ1v) is 7.25. The smallest absolute Gasteiger partial charge is 0.319 e. The van der Waals surface area contributed by atoms with Crippen molar-refractivity contribution in [2.24, 2.45) is 0 Å². The zero-order valence-corrected chi connectivity index (χ0v) is 13.2. The van der Waals surface area contributed by atoms with E-state index in [0.717, 1.165) is 5.69 Å². The summed E-state index contributed by atoms with van der Waals surface area (Å²) in [4.78, 5) is 20.3. The van der Waals surface area contributed by atoms with Crippen LogP contribution in [0.15, 0.2) is 42.7 Å². The number of anilines is 1. The number of aromatic nitrogens is 2. The van der Waals surface area contributed by atoms with Crippen molar-refractivity contribution in [3.05, 3.63) is 48.4 Å². The molecule has 2 amide bonds. The van der Waals surface area contributed by atoms with Gasteiger partial charge in [0, 0.05) is 19.4 Å². The highest BCUT2D eigenvalue weighted by atomic mass is 16.5. The third kappa shape index (κ3) is 5.55. The van der Waals surface area contributed by atoms with E-state index in [4.69, 9.17) is 9.47 Å². The Morgan fingerprint density at radius 3 is 2.74 bits per heavy atom. The molecule has 0 aromatic carbocycles. The lowest BCUT2D eigenvalue weighted by Gasteiger charge is -2.14. The van der Waals surface area contributed by atoms with Crippen molar-refractivity contribution < 1.29 is 14.3 Å². The van der Waals surface area contributed by atoms with Crippen molar-refractivity contribution in [3.63, 3.8) is 0 Å². The number of amides is 2. The molecule has 1 atom stereocenters. The van der Waals surface area contributed by atoms with E-state index in [1.54, 1.807) is 25.4 Å². The van der Waals surface area contributed by atoms with Crippen molar-refractivity contribution in [1.29, 1.82) is 0 Å². The normalized spacial score (nSPS) is 11.6. The number of ether oxygens (including phenoxy) is 2. The summed E-state index contributed by atoms with van der Waals surface area (Å²) < 4.78 is 10.2. The van der Waals surface area contributed by atoms with Crippen molar-refractivity contribution in [2.45, 2.75) is 13.0 Å². The van der Waals surface area contributed by atoms with Crippen molar-refractivity contribution >= 4 is 11.7 Å². The van der Waals surface area contributed by atoms with Gasteiger partial charge in [0.05, 0.1) is 30.2 Å². The van der Waals surface area contributed by atoms with E-state index < -0.39 is 0 Å². The number of urea groups is 1. The lowest BCUT2D eigenvalue weighted by Crippen LogP contribution is -2.31. The fourth-order valence-electron chi connectivity index (χ4n) is 1.84. The Balaban J connectivity index is 1.83. The molecule has 0 aliphatic heterocycles. The van der Waals surface area contributed by atoms with Crippen molar-refractivity contribution in [3.8, 4) is 5.88 Å². The van der Waals surface area contributed by atoms with Crippen LogP contribution in [-0.2, 0) is 4.74 Å². The Kier molecular flexibility index (Phi) is 6.31. The molecule has 0 saturated carbocycles. The number of nitrogens with zero attached hydrogens (tertiary/aromatic N) is 2. The molecule has 7 nitrogen and oxygen atoms in total. The van der Waals surface area contributed by atoms with Crippen LogP contribution in [0.2, 0.25) is 0 Å². The fraction of sp³-hybridized carbons (Fsp3) is 0.312. The summed E-state index contributed by atoms with van der Waals surface area (Å²) in [6.07, 6.45) is 3.23. The molecule has 23 heavy (non-hydrogen) atoms. The number of carbonyl (C=O) groups excluding carboxylic acids is 1. The predicted octanol–water partition coefficient (Wildman–Crippen LogP) is 2.38. The maximum Gasteiger partial charge on any atom is 0.319 e. The molecular formula is C16H20N4O3. The van der Waals surface area contributed by atoms with Crippen LogP contribution in [0.1, 0.15) is 18.7 Å². The molecule has 0 radical (unpaired) electrons. The topological polar surface area (TPSA) is 85.4 Å². The summed E-state index contributed by atoms with van der Waals surface area (Å²) in [5.74, 6) is 0.481. The molecule has 2 rings (SSSR count). The van der Waals surface area contributed by atoms with Crippen LogP contribution in [0, 0.1) is 0 Å². The second-order valence-electron chi connectivity index (χ2n) is 4.80. The highest BCUT2D eigenvalue weighted by Crippen LogP contribution is 2.12. The predicted molar refractivity (Wildman–Crippen MR) is 86.4 cm³/mol. The molecule has 0 spiro atoms. The minimum atomic E-state index is -0.321. The summed E-state index contributed by atoms with van der Waals surface area (Å²) in [6, 6.07) is 8.47. The van der Waals surface area contributed by atoms with Crippen LogP contribution >= 0.6 is 0 Å². The second-order valence-corrected chi connectivity index (χ2v) is 4.80. The highest BCUT2D eigenvalue weighted by Gasteiger charge is 2.10. The number of nitrogens with one attached hydrogen (secondary N) is 2. The van der Waals surface area contributed by atoms with E-state index >= 15 is 0 Å². The molecule has 2 aromatic rings. The molecule has 0 fully saturated rings.